The van der Waals surface area contributed by atoms with Crippen molar-refractivity contribution in [2.45, 2.75) is 18.8 Å². The van der Waals surface area contributed by atoms with E-state index in [0.717, 1.165) is 18.2 Å². The number of ether oxygens (including phenoxy) is 1. The van der Waals surface area contributed by atoms with Crippen LogP contribution in [0.4, 0.5) is 9.18 Å². The van der Waals surface area contributed by atoms with Crippen molar-refractivity contribution in [3.63, 3.8) is 0 Å². The number of halogens is 1. The molecule has 6 nitrogen and oxygen atoms in total. The van der Waals surface area contributed by atoms with Crippen molar-refractivity contribution in [1.29, 1.82) is 0 Å². The van der Waals surface area contributed by atoms with Gasteiger partial charge in [-0.2, -0.15) is 0 Å². The predicted octanol–water partition coefficient (Wildman–Crippen LogP) is 3.98. The van der Waals surface area contributed by atoms with Crippen LogP contribution in [0.2, 0.25) is 0 Å². The van der Waals surface area contributed by atoms with Crippen molar-refractivity contribution in [2.24, 2.45) is 5.92 Å². The number of pyridine rings is 1. The molecular formula is C23H17FN2O4. The minimum absolute atomic E-state index is 0.0784. The first-order chi connectivity index (χ1) is 14.5. The van der Waals surface area contributed by atoms with Crippen LogP contribution in [0.15, 0.2) is 65.2 Å². The van der Waals surface area contributed by atoms with Gasteiger partial charge in [0.25, 0.3) is 11.5 Å². The molecular weight excluding hydrogens is 387 g/mol. The lowest BCUT2D eigenvalue weighted by molar-refractivity contribution is -0.116. The lowest BCUT2D eigenvalue weighted by Crippen LogP contribution is -2.20. The fourth-order valence-electron chi connectivity index (χ4n) is 3.85. The Morgan fingerprint density at radius 1 is 1.07 bits per heavy atom. The smallest absolute Gasteiger partial charge is 0.404 e. The first kappa shape index (κ1) is 18.3. The first-order valence-electron chi connectivity index (χ1n) is 9.66. The summed E-state index contributed by atoms with van der Waals surface area (Å²) in [5, 5.41) is 3.32. The second kappa shape index (κ2) is 6.95. The Kier molecular flexibility index (Phi) is 4.24. The van der Waals surface area contributed by atoms with Crippen LogP contribution in [0.25, 0.3) is 22.0 Å². The Labute approximate surface area is 170 Å². The van der Waals surface area contributed by atoms with Crippen LogP contribution in [-0.4, -0.2) is 17.0 Å². The molecule has 150 valence electrons. The lowest BCUT2D eigenvalue weighted by Gasteiger charge is -2.13. The molecule has 30 heavy (non-hydrogen) atoms. The lowest BCUT2D eigenvalue weighted by atomic mass is 9.93. The fraction of sp³-hybridized carbons (Fsp3) is 0.174. The highest BCUT2D eigenvalue weighted by atomic mass is 19.1. The van der Waals surface area contributed by atoms with Crippen LogP contribution < -0.4 is 10.9 Å². The van der Waals surface area contributed by atoms with Crippen molar-refractivity contribution in [1.82, 2.24) is 10.3 Å². The maximum Gasteiger partial charge on any atom is 0.419 e. The number of aromatic amines is 1. The topological polar surface area (TPSA) is 88.3 Å². The van der Waals surface area contributed by atoms with Crippen molar-refractivity contribution < 1.29 is 18.7 Å². The zero-order valence-electron chi connectivity index (χ0n) is 15.8. The van der Waals surface area contributed by atoms with Gasteiger partial charge in [0.2, 0.25) is 0 Å². The van der Waals surface area contributed by atoms with E-state index in [2.05, 4.69) is 10.3 Å². The van der Waals surface area contributed by atoms with E-state index in [1.54, 1.807) is 30.3 Å². The number of H-pyrrole nitrogens is 1. The first-order valence-corrected chi connectivity index (χ1v) is 9.66. The van der Waals surface area contributed by atoms with E-state index in [1.807, 2.05) is 18.2 Å². The number of nitrogens with one attached hydrogen (secondary N) is 2. The van der Waals surface area contributed by atoms with E-state index in [9.17, 15) is 18.8 Å². The molecule has 0 spiro atoms. The summed E-state index contributed by atoms with van der Waals surface area (Å²) >= 11 is 0. The normalized spacial score (nSPS) is 18.5. The van der Waals surface area contributed by atoms with Crippen LogP contribution in [0.5, 0.6) is 0 Å². The van der Waals surface area contributed by atoms with Gasteiger partial charge in [-0.25, -0.2) is 9.18 Å². The largest absolute Gasteiger partial charge is 0.419 e. The van der Waals surface area contributed by atoms with Crippen LogP contribution in [0, 0.1) is 11.7 Å². The van der Waals surface area contributed by atoms with Crippen LogP contribution in [0.3, 0.4) is 0 Å². The Morgan fingerprint density at radius 3 is 2.60 bits per heavy atom. The van der Waals surface area contributed by atoms with Gasteiger partial charge >= 0.3 is 6.09 Å². The van der Waals surface area contributed by atoms with Gasteiger partial charge in [-0.15, -0.1) is 0 Å². The minimum Gasteiger partial charge on any atom is -0.404 e. The van der Waals surface area contributed by atoms with Gasteiger partial charge in [0, 0.05) is 22.6 Å². The maximum absolute atomic E-state index is 14.1. The second-order valence-electron chi connectivity index (χ2n) is 7.57. The molecule has 5 rings (SSSR count). The molecule has 2 fully saturated rings. The van der Waals surface area contributed by atoms with E-state index >= 15 is 0 Å². The quantitative estimate of drug-likeness (QED) is 0.644. The minimum atomic E-state index is -0.811. The molecule has 1 saturated carbocycles. The standard InChI is InChI=1S/C23H17FN2O4/c24-18-3-1-2-12-6-7-14(10-17(12)18)19-9-8-15(21(27)25-19)16(13-4-5-13)11-20-22(28)26-23(29)30-20/h1-3,6-11,13,16H,4-5H2,(H,25,27)(H,26,28,29)/b20-11-. The van der Waals surface area contributed by atoms with Gasteiger partial charge in [-0.1, -0.05) is 30.3 Å². The zero-order chi connectivity index (χ0) is 20.8. The summed E-state index contributed by atoms with van der Waals surface area (Å²) in [5.41, 5.74) is 1.47. The third-order valence-electron chi connectivity index (χ3n) is 5.54. The third kappa shape index (κ3) is 3.28. The Hall–Kier alpha value is -3.74. The van der Waals surface area contributed by atoms with Crippen LogP contribution in [-0.2, 0) is 9.53 Å². The third-order valence-corrected chi connectivity index (χ3v) is 5.54. The molecule has 1 unspecified atom stereocenters. The van der Waals surface area contributed by atoms with Crippen LogP contribution >= 0.6 is 0 Å². The van der Waals surface area contributed by atoms with Gasteiger partial charge in [0.1, 0.15) is 5.82 Å². The van der Waals surface area contributed by atoms with Crippen molar-refractivity contribution in [3.05, 3.63) is 82.1 Å². The Morgan fingerprint density at radius 2 is 1.90 bits per heavy atom. The van der Waals surface area contributed by atoms with E-state index < -0.39 is 12.0 Å². The van der Waals surface area contributed by atoms with Crippen molar-refractivity contribution in [3.8, 4) is 11.3 Å². The van der Waals surface area contributed by atoms with E-state index in [0.29, 0.717) is 22.2 Å². The number of cyclic esters (lactones) is 1. The van der Waals surface area contributed by atoms with E-state index in [1.165, 1.54) is 6.07 Å². The molecule has 1 saturated heterocycles. The molecule has 2 N–H and O–H groups in total. The highest BCUT2D eigenvalue weighted by molar-refractivity contribution is 6.07. The molecule has 0 radical (unpaired) electrons. The number of hydrogen-bond acceptors (Lipinski definition) is 4. The molecule has 1 atom stereocenters. The molecule has 3 aromatic rings. The van der Waals surface area contributed by atoms with E-state index in [-0.39, 0.29) is 29.0 Å². The van der Waals surface area contributed by atoms with Gasteiger partial charge in [-0.3, -0.25) is 14.9 Å². The Balaban J connectivity index is 1.52. The Bertz CT molecular complexity index is 1290. The molecule has 2 amide bonds. The number of allylic oxidation sites excluding steroid dienone is 1. The van der Waals surface area contributed by atoms with Crippen molar-refractivity contribution in [2.75, 3.05) is 0 Å². The summed E-state index contributed by atoms with van der Waals surface area (Å²) < 4.78 is 19.0. The summed E-state index contributed by atoms with van der Waals surface area (Å²) in [6, 6.07) is 13.7. The number of rotatable bonds is 4. The van der Waals surface area contributed by atoms with Gasteiger partial charge in [0.05, 0.1) is 0 Å². The number of benzene rings is 2. The maximum atomic E-state index is 14.1. The number of imide groups is 1. The zero-order valence-corrected chi connectivity index (χ0v) is 15.8. The highest BCUT2D eigenvalue weighted by Gasteiger charge is 2.36. The highest BCUT2D eigenvalue weighted by Crippen LogP contribution is 2.43. The molecule has 2 aliphatic rings. The van der Waals surface area contributed by atoms with Gasteiger partial charge in [0.15, 0.2) is 5.76 Å². The monoisotopic (exact) mass is 404 g/mol. The number of aromatic nitrogens is 1. The molecule has 7 heteroatoms. The number of carbonyl (C=O) groups is 2. The summed E-state index contributed by atoms with van der Waals surface area (Å²) in [5.74, 6) is -1.12. The van der Waals surface area contributed by atoms with Gasteiger partial charge in [-0.05, 0) is 54.0 Å². The fourth-order valence-corrected chi connectivity index (χ4v) is 3.85. The number of amides is 2. The summed E-state index contributed by atoms with van der Waals surface area (Å²) in [6.45, 7) is 0. The summed E-state index contributed by atoms with van der Waals surface area (Å²) in [4.78, 5) is 38.8. The average Bonchev–Trinajstić information content (AvgIpc) is 3.51. The number of hydrogen-bond donors (Lipinski definition) is 2. The molecule has 1 aliphatic heterocycles. The number of carbonyl (C=O) groups excluding carboxylic acids is 2. The van der Waals surface area contributed by atoms with Crippen molar-refractivity contribution >= 4 is 22.8 Å². The number of fused-ring (bicyclic) bond motifs is 1. The van der Waals surface area contributed by atoms with Gasteiger partial charge < -0.3 is 9.72 Å². The molecule has 2 aromatic carbocycles. The molecule has 1 aromatic heterocycles. The summed E-state index contributed by atoms with van der Waals surface area (Å²) in [7, 11) is 0. The molecule has 1 aliphatic carbocycles. The number of alkyl carbamates (subject to hydrolysis) is 1. The molecule has 0 bridgehead atoms. The second-order valence-corrected chi connectivity index (χ2v) is 7.57. The van der Waals surface area contributed by atoms with E-state index in [4.69, 9.17) is 4.74 Å². The average molecular weight is 404 g/mol. The summed E-state index contributed by atoms with van der Waals surface area (Å²) in [6.07, 6.45) is 2.59. The molecule has 2 heterocycles. The predicted molar refractivity (Wildman–Crippen MR) is 108 cm³/mol. The SMILES string of the molecule is O=C1NC(=O)/C(=C/C(c2ccc(-c3ccc4cccc(F)c4c3)[nH]c2=O)C2CC2)O1. The van der Waals surface area contributed by atoms with Crippen LogP contribution in [0.1, 0.15) is 24.3 Å².